The number of carbonyl (C=O) groups is 1. The van der Waals surface area contributed by atoms with E-state index in [1.54, 1.807) is 0 Å². The normalized spacial score (nSPS) is 22.5. The molecule has 1 amide bonds. The fraction of sp³-hybridized carbons (Fsp3) is 0.385. The van der Waals surface area contributed by atoms with Crippen molar-refractivity contribution in [2.45, 2.75) is 31.7 Å². The molecule has 0 unspecified atom stereocenters. The Bertz CT molecular complexity index is 459. The highest BCUT2D eigenvalue weighted by Crippen LogP contribution is 2.26. The van der Waals surface area contributed by atoms with E-state index >= 15 is 0 Å². The number of benzene rings is 1. The first-order valence-corrected chi connectivity index (χ1v) is 5.83. The zero-order valence-corrected chi connectivity index (χ0v) is 9.07. The van der Waals surface area contributed by atoms with Crippen LogP contribution >= 0.6 is 0 Å². The Labute approximate surface area is 94.6 Å². The Kier molecular flexibility index (Phi) is 2.24. The molecule has 0 bridgehead atoms. The number of rotatable bonds is 1. The molecule has 1 N–H and O–H groups in total. The summed E-state index contributed by atoms with van der Waals surface area (Å²) in [5.74, 6) is -0.0481. The van der Waals surface area contributed by atoms with Crippen LogP contribution in [0, 0.1) is 0 Å². The third-order valence-electron chi connectivity index (χ3n) is 3.28. The average molecular weight is 214 g/mol. The zero-order chi connectivity index (χ0) is 11.0. The van der Waals surface area contributed by atoms with E-state index in [4.69, 9.17) is 0 Å². The molecule has 2 aliphatic rings. The van der Waals surface area contributed by atoms with E-state index in [1.807, 2.05) is 24.3 Å². The van der Waals surface area contributed by atoms with Gasteiger partial charge in [-0.25, -0.2) is 0 Å². The van der Waals surface area contributed by atoms with E-state index in [2.05, 4.69) is 10.3 Å². The summed E-state index contributed by atoms with van der Waals surface area (Å²) in [6.45, 7) is 0. The Morgan fingerprint density at radius 1 is 1.19 bits per heavy atom. The number of fused-ring (bicyclic) bond motifs is 1. The number of anilines is 1. The van der Waals surface area contributed by atoms with Gasteiger partial charge in [0.1, 0.15) is 5.71 Å². The first-order valence-electron chi connectivity index (χ1n) is 5.83. The largest absolute Gasteiger partial charge is 0.320 e. The Morgan fingerprint density at radius 3 is 2.75 bits per heavy atom. The lowest BCUT2D eigenvalue weighted by atomic mass is 10.1. The van der Waals surface area contributed by atoms with Gasteiger partial charge in [-0.1, -0.05) is 31.0 Å². The van der Waals surface area contributed by atoms with Crippen molar-refractivity contribution in [2.24, 2.45) is 4.99 Å². The molecule has 1 aliphatic carbocycles. The number of amides is 1. The van der Waals surface area contributed by atoms with Gasteiger partial charge in [0.15, 0.2) is 0 Å². The Balaban J connectivity index is 1.98. The number of nitrogens with one attached hydrogen (secondary N) is 1. The predicted molar refractivity (Wildman–Crippen MR) is 63.9 cm³/mol. The van der Waals surface area contributed by atoms with Crippen LogP contribution in [-0.2, 0) is 4.79 Å². The van der Waals surface area contributed by atoms with Crippen LogP contribution in [0.5, 0.6) is 0 Å². The van der Waals surface area contributed by atoms with E-state index < -0.39 is 0 Å². The molecule has 1 aliphatic heterocycles. The number of nitrogens with zero attached hydrogens (tertiary/aromatic N) is 1. The Morgan fingerprint density at radius 2 is 1.94 bits per heavy atom. The van der Waals surface area contributed by atoms with Crippen LogP contribution in [0.2, 0.25) is 0 Å². The lowest BCUT2D eigenvalue weighted by molar-refractivity contribution is -0.110. The standard InChI is InChI=1S/C13H14N2O/c16-13-12(14-9-5-1-2-6-9)10-7-3-4-8-11(10)15-13/h3-4,7-9H,1-2,5-6H2,(H,14,15,16). The molecule has 1 heterocycles. The predicted octanol–water partition coefficient (Wildman–Crippen LogP) is 2.37. The van der Waals surface area contributed by atoms with E-state index in [9.17, 15) is 4.79 Å². The summed E-state index contributed by atoms with van der Waals surface area (Å²) in [5.41, 5.74) is 2.48. The van der Waals surface area contributed by atoms with Crippen molar-refractivity contribution in [3.63, 3.8) is 0 Å². The minimum absolute atomic E-state index is 0.0481. The molecule has 3 heteroatoms. The van der Waals surface area contributed by atoms with Gasteiger partial charge in [-0.2, -0.15) is 0 Å². The lowest BCUT2D eigenvalue weighted by Gasteiger charge is -2.03. The maximum absolute atomic E-state index is 11.8. The van der Waals surface area contributed by atoms with Gasteiger partial charge in [-0.15, -0.1) is 0 Å². The summed E-state index contributed by atoms with van der Waals surface area (Å²) in [4.78, 5) is 16.4. The zero-order valence-electron chi connectivity index (χ0n) is 9.07. The molecule has 1 saturated carbocycles. The van der Waals surface area contributed by atoms with Gasteiger partial charge >= 0.3 is 0 Å². The van der Waals surface area contributed by atoms with Crippen molar-refractivity contribution in [3.8, 4) is 0 Å². The summed E-state index contributed by atoms with van der Waals surface area (Å²) < 4.78 is 0. The van der Waals surface area contributed by atoms with Crippen LogP contribution in [0.15, 0.2) is 29.3 Å². The lowest BCUT2D eigenvalue weighted by Crippen LogP contribution is -2.16. The number of hydrogen-bond donors (Lipinski definition) is 1. The second-order valence-electron chi connectivity index (χ2n) is 4.42. The van der Waals surface area contributed by atoms with Crippen LogP contribution < -0.4 is 5.32 Å². The van der Waals surface area contributed by atoms with Crippen LogP contribution in [0.25, 0.3) is 0 Å². The number of carbonyl (C=O) groups excluding carboxylic acids is 1. The SMILES string of the molecule is O=C1Nc2ccccc2C1=NC1CCCC1. The molecule has 0 spiro atoms. The fourth-order valence-electron chi connectivity index (χ4n) is 2.45. The van der Waals surface area contributed by atoms with Gasteiger partial charge in [-0.05, 0) is 18.9 Å². The maximum Gasteiger partial charge on any atom is 0.274 e. The first kappa shape index (κ1) is 9.58. The molecule has 82 valence electrons. The number of aliphatic imine (C=N–C) groups is 1. The topological polar surface area (TPSA) is 41.5 Å². The first-order chi connectivity index (χ1) is 7.84. The molecule has 0 atom stereocenters. The van der Waals surface area contributed by atoms with Crippen molar-refractivity contribution in [2.75, 3.05) is 5.32 Å². The summed E-state index contributed by atoms with van der Waals surface area (Å²) >= 11 is 0. The van der Waals surface area contributed by atoms with Gasteiger partial charge in [-0.3, -0.25) is 9.79 Å². The van der Waals surface area contributed by atoms with Gasteiger partial charge < -0.3 is 5.32 Å². The molecule has 0 aromatic heterocycles. The monoisotopic (exact) mass is 214 g/mol. The molecule has 1 aromatic carbocycles. The highest BCUT2D eigenvalue weighted by atomic mass is 16.2. The van der Waals surface area contributed by atoms with Crippen LogP contribution in [0.4, 0.5) is 5.69 Å². The van der Waals surface area contributed by atoms with Crippen molar-refractivity contribution in [1.82, 2.24) is 0 Å². The second-order valence-corrected chi connectivity index (χ2v) is 4.42. The van der Waals surface area contributed by atoms with Crippen LogP contribution in [0.1, 0.15) is 31.2 Å². The highest BCUT2D eigenvalue weighted by Gasteiger charge is 2.26. The summed E-state index contributed by atoms with van der Waals surface area (Å²) in [6, 6.07) is 8.11. The van der Waals surface area contributed by atoms with Crippen LogP contribution in [0.3, 0.4) is 0 Å². The molecule has 3 nitrogen and oxygen atoms in total. The molecule has 0 saturated heterocycles. The minimum atomic E-state index is -0.0481. The third-order valence-corrected chi connectivity index (χ3v) is 3.28. The summed E-state index contributed by atoms with van der Waals surface area (Å²) in [5, 5.41) is 2.85. The molecule has 1 fully saturated rings. The van der Waals surface area contributed by atoms with Gasteiger partial charge in [0.25, 0.3) is 5.91 Å². The molecular weight excluding hydrogens is 200 g/mol. The molecular formula is C13H14N2O. The minimum Gasteiger partial charge on any atom is -0.320 e. The van der Waals surface area contributed by atoms with Crippen molar-refractivity contribution in [1.29, 1.82) is 0 Å². The van der Waals surface area contributed by atoms with E-state index in [0.717, 1.165) is 24.1 Å². The van der Waals surface area contributed by atoms with Crippen molar-refractivity contribution in [3.05, 3.63) is 29.8 Å². The smallest absolute Gasteiger partial charge is 0.274 e. The van der Waals surface area contributed by atoms with Crippen molar-refractivity contribution >= 4 is 17.3 Å². The summed E-state index contributed by atoms with van der Waals surface area (Å²) in [7, 11) is 0. The molecule has 3 rings (SSSR count). The van der Waals surface area contributed by atoms with E-state index in [1.165, 1.54) is 12.8 Å². The van der Waals surface area contributed by atoms with Gasteiger partial charge in [0.05, 0.1) is 11.7 Å². The number of hydrogen-bond acceptors (Lipinski definition) is 2. The van der Waals surface area contributed by atoms with Gasteiger partial charge in [0.2, 0.25) is 0 Å². The fourth-order valence-corrected chi connectivity index (χ4v) is 2.45. The molecule has 1 aromatic rings. The van der Waals surface area contributed by atoms with E-state index in [0.29, 0.717) is 11.8 Å². The van der Waals surface area contributed by atoms with Crippen molar-refractivity contribution < 1.29 is 4.79 Å². The maximum atomic E-state index is 11.8. The van der Waals surface area contributed by atoms with Crippen LogP contribution in [-0.4, -0.2) is 17.7 Å². The van der Waals surface area contributed by atoms with Gasteiger partial charge in [0, 0.05) is 5.56 Å². The summed E-state index contributed by atoms with van der Waals surface area (Å²) in [6.07, 6.45) is 4.73. The Hall–Kier alpha value is -1.64. The average Bonchev–Trinajstić information content (AvgIpc) is 2.89. The molecule has 16 heavy (non-hydrogen) atoms. The van der Waals surface area contributed by atoms with E-state index in [-0.39, 0.29) is 5.91 Å². The second kappa shape index (κ2) is 3.74. The molecule has 0 radical (unpaired) electrons. The number of para-hydroxylation sites is 1. The highest BCUT2D eigenvalue weighted by molar-refractivity contribution is 6.53. The quantitative estimate of drug-likeness (QED) is 0.766. The third kappa shape index (κ3) is 1.52.